The van der Waals surface area contributed by atoms with Crippen molar-refractivity contribution >= 4 is 17.2 Å². The average molecular weight is 294 g/mol. The molecular formula is C15H22N2O2S. The molecule has 110 valence electrons. The Balaban J connectivity index is 1.65. The van der Waals surface area contributed by atoms with Crippen molar-refractivity contribution in [2.45, 2.75) is 57.6 Å². The summed E-state index contributed by atoms with van der Waals surface area (Å²) in [4.78, 5) is 18.8. The fourth-order valence-corrected chi connectivity index (χ4v) is 3.91. The second-order valence-electron chi connectivity index (χ2n) is 5.79. The van der Waals surface area contributed by atoms with Crippen molar-refractivity contribution in [3.63, 3.8) is 0 Å². The Kier molecular flexibility index (Phi) is 4.08. The Morgan fingerprint density at radius 2 is 2.35 bits per heavy atom. The van der Waals surface area contributed by atoms with Crippen LogP contribution < -0.4 is 0 Å². The minimum Gasteiger partial charge on any atom is -0.375 e. The zero-order valence-corrected chi connectivity index (χ0v) is 12.9. The maximum absolute atomic E-state index is 12.3. The van der Waals surface area contributed by atoms with Gasteiger partial charge >= 0.3 is 0 Å². The lowest BCUT2D eigenvalue weighted by Gasteiger charge is -2.26. The van der Waals surface area contributed by atoms with Gasteiger partial charge in [-0.25, -0.2) is 4.98 Å². The summed E-state index contributed by atoms with van der Waals surface area (Å²) in [5.74, 6) is 0.253. The number of aryl methyl sites for hydroxylation is 1. The molecule has 2 saturated heterocycles. The molecule has 3 rings (SSSR count). The van der Waals surface area contributed by atoms with Crippen LogP contribution in [0.1, 0.15) is 49.7 Å². The summed E-state index contributed by atoms with van der Waals surface area (Å²) in [6.45, 7) is 4.43. The van der Waals surface area contributed by atoms with Crippen LogP contribution in [-0.2, 0) is 22.5 Å². The van der Waals surface area contributed by atoms with Crippen molar-refractivity contribution in [2.24, 2.45) is 0 Å². The van der Waals surface area contributed by atoms with Crippen LogP contribution in [0.2, 0.25) is 0 Å². The molecule has 2 aliphatic rings. The highest BCUT2D eigenvalue weighted by molar-refractivity contribution is 7.09. The lowest BCUT2D eigenvalue weighted by atomic mass is 9.92. The van der Waals surface area contributed by atoms with Crippen molar-refractivity contribution in [1.29, 1.82) is 0 Å². The molecule has 0 aromatic carbocycles. The number of aromatic nitrogens is 1. The molecule has 1 atom stereocenters. The van der Waals surface area contributed by atoms with E-state index in [2.05, 4.69) is 17.3 Å². The number of ether oxygens (including phenoxy) is 1. The Bertz CT molecular complexity index is 480. The number of amides is 1. The van der Waals surface area contributed by atoms with Crippen LogP contribution >= 0.6 is 11.3 Å². The van der Waals surface area contributed by atoms with Gasteiger partial charge in [0.15, 0.2) is 0 Å². The summed E-state index contributed by atoms with van der Waals surface area (Å²) in [7, 11) is 0. The van der Waals surface area contributed by atoms with Gasteiger partial charge in [0.2, 0.25) is 5.91 Å². The van der Waals surface area contributed by atoms with Gasteiger partial charge in [-0.05, 0) is 32.1 Å². The predicted octanol–water partition coefficient (Wildman–Crippen LogP) is 2.77. The van der Waals surface area contributed by atoms with Gasteiger partial charge in [-0.1, -0.05) is 6.92 Å². The molecule has 0 unspecified atom stereocenters. The first-order chi connectivity index (χ1) is 9.71. The summed E-state index contributed by atoms with van der Waals surface area (Å²) >= 11 is 1.69. The first-order valence-electron chi connectivity index (χ1n) is 7.56. The summed E-state index contributed by atoms with van der Waals surface area (Å²) in [5.41, 5.74) is 1.02. The number of thiazole rings is 1. The molecule has 0 saturated carbocycles. The van der Waals surface area contributed by atoms with E-state index < -0.39 is 0 Å². The summed E-state index contributed by atoms with van der Waals surface area (Å²) in [6, 6.07) is 0. The third-order valence-corrected chi connectivity index (χ3v) is 5.47. The molecule has 1 aromatic rings. The second kappa shape index (κ2) is 5.82. The van der Waals surface area contributed by atoms with Crippen LogP contribution in [0.25, 0.3) is 0 Å². The SMILES string of the molecule is CCc1nc(CN2CC[C@@]3(CCCO3)CCC2=O)cs1. The van der Waals surface area contributed by atoms with E-state index in [4.69, 9.17) is 4.74 Å². The molecule has 0 radical (unpaired) electrons. The van der Waals surface area contributed by atoms with Crippen LogP contribution in [-0.4, -0.2) is 34.5 Å². The molecule has 0 bridgehead atoms. The van der Waals surface area contributed by atoms with Crippen LogP contribution in [0.3, 0.4) is 0 Å². The minimum atomic E-state index is -0.0128. The molecule has 2 aliphatic heterocycles. The molecule has 3 heterocycles. The van der Waals surface area contributed by atoms with Crippen LogP contribution in [0.15, 0.2) is 5.38 Å². The Labute approximate surface area is 124 Å². The first kappa shape index (κ1) is 14.0. The number of hydrogen-bond donors (Lipinski definition) is 0. The predicted molar refractivity (Wildman–Crippen MR) is 78.7 cm³/mol. The van der Waals surface area contributed by atoms with E-state index >= 15 is 0 Å². The van der Waals surface area contributed by atoms with E-state index in [1.54, 1.807) is 11.3 Å². The van der Waals surface area contributed by atoms with Crippen molar-refractivity contribution in [3.05, 3.63) is 16.1 Å². The van der Waals surface area contributed by atoms with Gasteiger partial charge < -0.3 is 9.64 Å². The van der Waals surface area contributed by atoms with Gasteiger partial charge in [0.1, 0.15) is 0 Å². The van der Waals surface area contributed by atoms with E-state index in [0.717, 1.165) is 56.0 Å². The Hall–Kier alpha value is -0.940. The van der Waals surface area contributed by atoms with Gasteiger partial charge in [-0.15, -0.1) is 11.3 Å². The highest BCUT2D eigenvalue weighted by atomic mass is 32.1. The van der Waals surface area contributed by atoms with Gasteiger partial charge in [0.25, 0.3) is 0 Å². The minimum absolute atomic E-state index is 0.0128. The molecular weight excluding hydrogens is 272 g/mol. The maximum atomic E-state index is 12.3. The highest BCUT2D eigenvalue weighted by Crippen LogP contribution is 2.36. The van der Waals surface area contributed by atoms with E-state index in [1.165, 1.54) is 0 Å². The number of hydrogen-bond acceptors (Lipinski definition) is 4. The van der Waals surface area contributed by atoms with Crippen LogP contribution in [0, 0.1) is 0 Å². The van der Waals surface area contributed by atoms with Crippen LogP contribution in [0.5, 0.6) is 0 Å². The third kappa shape index (κ3) is 2.88. The fourth-order valence-electron chi connectivity index (χ4n) is 3.18. The molecule has 5 heteroatoms. The third-order valence-electron chi connectivity index (χ3n) is 4.42. The van der Waals surface area contributed by atoms with Gasteiger partial charge in [-0.2, -0.15) is 0 Å². The van der Waals surface area contributed by atoms with Crippen LogP contribution in [0.4, 0.5) is 0 Å². The molecule has 4 nitrogen and oxygen atoms in total. The lowest BCUT2D eigenvalue weighted by Crippen LogP contribution is -2.32. The first-order valence-corrected chi connectivity index (χ1v) is 8.44. The monoisotopic (exact) mass is 294 g/mol. The number of nitrogens with zero attached hydrogens (tertiary/aromatic N) is 2. The zero-order valence-electron chi connectivity index (χ0n) is 12.1. The van der Waals surface area contributed by atoms with E-state index in [1.807, 2.05) is 4.90 Å². The van der Waals surface area contributed by atoms with E-state index in [0.29, 0.717) is 13.0 Å². The lowest BCUT2D eigenvalue weighted by molar-refractivity contribution is -0.131. The van der Waals surface area contributed by atoms with Crippen molar-refractivity contribution < 1.29 is 9.53 Å². The molecule has 1 aromatic heterocycles. The topological polar surface area (TPSA) is 42.4 Å². The van der Waals surface area contributed by atoms with Crippen molar-refractivity contribution in [1.82, 2.24) is 9.88 Å². The van der Waals surface area contributed by atoms with Gasteiger partial charge in [0.05, 0.1) is 22.8 Å². The van der Waals surface area contributed by atoms with Gasteiger partial charge in [-0.3, -0.25) is 4.79 Å². The summed E-state index contributed by atoms with van der Waals surface area (Å²) in [6.07, 6.45) is 5.70. The highest BCUT2D eigenvalue weighted by Gasteiger charge is 2.38. The van der Waals surface area contributed by atoms with E-state index in [-0.39, 0.29) is 11.5 Å². The second-order valence-corrected chi connectivity index (χ2v) is 6.73. The summed E-state index contributed by atoms with van der Waals surface area (Å²) < 4.78 is 5.94. The number of carbonyl (C=O) groups is 1. The Morgan fingerprint density at radius 1 is 1.45 bits per heavy atom. The molecule has 2 fully saturated rings. The normalized spacial score (nSPS) is 27.2. The smallest absolute Gasteiger partial charge is 0.223 e. The van der Waals surface area contributed by atoms with E-state index in [9.17, 15) is 4.79 Å². The standard InChI is InChI=1S/C15H22N2O2S/c1-2-13-16-12(11-20-13)10-17-8-7-15(5-3-9-19-15)6-4-14(17)18/h11H,2-10H2,1H3/t15-/m1/s1. The molecule has 1 spiro atoms. The molecule has 0 aliphatic carbocycles. The number of rotatable bonds is 3. The quantitative estimate of drug-likeness (QED) is 0.861. The maximum Gasteiger partial charge on any atom is 0.223 e. The zero-order chi connectivity index (χ0) is 14.0. The van der Waals surface area contributed by atoms with Crippen molar-refractivity contribution in [3.8, 4) is 0 Å². The fraction of sp³-hybridized carbons (Fsp3) is 0.733. The number of likely N-dealkylation sites (tertiary alicyclic amines) is 1. The number of carbonyl (C=O) groups excluding carboxylic acids is 1. The Morgan fingerprint density at radius 3 is 3.05 bits per heavy atom. The van der Waals surface area contributed by atoms with Crippen molar-refractivity contribution in [2.75, 3.05) is 13.2 Å². The molecule has 20 heavy (non-hydrogen) atoms. The van der Waals surface area contributed by atoms with Gasteiger partial charge in [0, 0.05) is 25.0 Å². The average Bonchev–Trinajstić information content (AvgIpc) is 3.07. The molecule has 0 N–H and O–H groups in total. The molecule has 1 amide bonds. The largest absolute Gasteiger partial charge is 0.375 e. The summed E-state index contributed by atoms with van der Waals surface area (Å²) in [5, 5.41) is 3.23.